The molecule has 0 saturated heterocycles. The lowest BCUT2D eigenvalue weighted by Gasteiger charge is -2.12. The highest BCUT2D eigenvalue weighted by molar-refractivity contribution is 7.10. The number of benzene rings is 1. The van der Waals surface area contributed by atoms with E-state index in [2.05, 4.69) is 18.8 Å². The second-order valence-corrected chi connectivity index (χ2v) is 5.80. The van der Waals surface area contributed by atoms with Gasteiger partial charge in [0.2, 0.25) is 0 Å². The molecule has 108 valence electrons. The van der Waals surface area contributed by atoms with E-state index < -0.39 is 0 Å². The predicted octanol–water partition coefficient (Wildman–Crippen LogP) is 3.48. The second-order valence-electron chi connectivity index (χ2n) is 4.91. The minimum absolute atomic E-state index is 0.0367. The van der Waals surface area contributed by atoms with Crippen molar-refractivity contribution >= 4 is 11.3 Å². The minimum Gasteiger partial charge on any atom is -0.497 e. The summed E-state index contributed by atoms with van der Waals surface area (Å²) in [6, 6.07) is 5.65. The maximum Gasteiger partial charge on any atom is 0.128 e. The fourth-order valence-corrected chi connectivity index (χ4v) is 2.86. The van der Waals surface area contributed by atoms with Crippen LogP contribution in [0.1, 0.15) is 24.9 Å². The van der Waals surface area contributed by atoms with Gasteiger partial charge in [-0.05, 0) is 24.1 Å². The molecule has 5 heteroatoms. The van der Waals surface area contributed by atoms with Gasteiger partial charge in [0, 0.05) is 10.9 Å². The number of thiazole rings is 1. The fourth-order valence-electron chi connectivity index (χ4n) is 1.86. The Morgan fingerprint density at radius 3 is 2.55 bits per heavy atom. The first-order valence-corrected chi connectivity index (χ1v) is 7.38. The summed E-state index contributed by atoms with van der Waals surface area (Å²) in [5.74, 6) is 1.92. The zero-order chi connectivity index (χ0) is 14.7. The Labute approximate surface area is 123 Å². The molecule has 0 amide bonds. The number of methoxy groups -OCH3 is 2. The molecule has 2 rings (SSSR count). The van der Waals surface area contributed by atoms with E-state index in [1.54, 1.807) is 25.6 Å². The smallest absolute Gasteiger partial charge is 0.128 e. The molecule has 0 aliphatic rings. The SMILES string of the molecule is COc1ccc(OC)c(-c2csc(C(N)C(C)C)n2)c1. The molecule has 2 N–H and O–H groups in total. The second kappa shape index (κ2) is 6.24. The number of ether oxygens (including phenoxy) is 2. The van der Waals surface area contributed by atoms with Crippen molar-refractivity contribution in [1.82, 2.24) is 4.98 Å². The highest BCUT2D eigenvalue weighted by Gasteiger charge is 2.17. The lowest BCUT2D eigenvalue weighted by molar-refractivity contribution is 0.404. The number of aromatic nitrogens is 1. The average molecular weight is 292 g/mol. The van der Waals surface area contributed by atoms with Gasteiger partial charge in [-0.3, -0.25) is 0 Å². The van der Waals surface area contributed by atoms with Crippen LogP contribution in [0, 0.1) is 5.92 Å². The van der Waals surface area contributed by atoms with Gasteiger partial charge in [-0.15, -0.1) is 11.3 Å². The predicted molar refractivity (Wildman–Crippen MR) is 82.4 cm³/mol. The zero-order valence-electron chi connectivity index (χ0n) is 12.2. The fraction of sp³-hybridized carbons (Fsp3) is 0.400. The normalized spacial score (nSPS) is 12.5. The zero-order valence-corrected chi connectivity index (χ0v) is 13.0. The first-order chi connectivity index (χ1) is 9.56. The third-order valence-corrected chi connectivity index (χ3v) is 4.15. The van der Waals surface area contributed by atoms with Gasteiger partial charge in [-0.25, -0.2) is 4.98 Å². The van der Waals surface area contributed by atoms with Crippen molar-refractivity contribution in [2.45, 2.75) is 19.9 Å². The molecule has 2 aromatic rings. The molecular weight excluding hydrogens is 272 g/mol. The van der Waals surface area contributed by atoms with Crippen molar-refractivity contribution < 1.29 is 9.47 Å². The lowest BCUT2D eigenvalue weighted by Crippen LogP contribution is -2.16. The molecule has 4 nitrogen and oxygen atoms in total. The molecule has 0 fully saturated rings. The van der Waals surface area contributed by atoms with Crippen LogP contribution >= 0.6 is 11.3 Å². The number of rotatable bonds is 5. The Morgan fingerprint density at radius 1 is 1.20 bits per heavy atom. The van der Waals surface area contributed by atoms with Gasteiger partial charge < -0.3 is 15.2 Å². The first-order valence-electron chi connectivity index (χ1n) is 6.50. The molecule has 0 aliphatic heterocycles. The maximum atomic E-state index is 6.15. The van der Waals surface area contributed by atoms with Gasteiger partial charge in [0.1, 0.15) is 16.5 Å². The van der Waals surface area contributed by atoms with E-state index >= 15 is 0 Å². The first kappa shape index (κ1) is 14.8. The Hall–Kier alpha value is -1.59. The number of nitrogens with zero attached hydrogens (tertiary/aromatic N) is 1. The van der Waals surface area contributed by atoms with E-state index in [1.165, 1.54) is 0 Å². The molecule has 1 atom stereocenters. The summed E-state index contributed by atoms with van der Waals surface area (Å²) in [6.45, 7) is 4.19. The van der Waals surface area contributed by atoms with Crippen molar-refractivity contribution in [3.63, 3.8) is 0 Å². The van der Waals surface area contributed by atoms with Crippen LogP contribution in [-0.4, -0.2) is 19.2 Å². The van der Waals surface area contributed by atoms with Gasteiger partial charge in [0.05, 0.1) is 26.0 Å². The van der Waals surface area contributed by atoms with Gasteiger partial charge in [0.15, 0.2) is 0 Å². The monoisotopic (exact) mass is 292 g/mol. The summed E-state index contributed by atoms with van der Waals surface area (Å²) >= 11 is 1.58. The molecule has 0 aliphatic carbocycles. The maximum absolute atomic E-state index is 6.15. The summed E-state index contributed by atoms with van der Waals surface area (Å²) in [5, 5.41) is 2.95. The number of hydrogen-bond acceptors (Lipinski definition) is 5. The summed E-state index contributed by atoms with van der Waals surface area (Å²) < 4.78 is 10.7. The van der Waals surface area contributed by atoms with Crippen molar-refractivity contribution in [1.29, 1.82) is 0 Å². The van der Waals surface area contributed by atoms with Crippen LogP contribution in [0.25, 0.3) is 11.3 Å². The number of nitrogens with two attached hydrogens (primary N) is 1. The van der Waals surface area contributed by atoms with E-state index in [9.17, 15) is 0 Å². The number of hydrogen-bond donors (Lipinski definition) is 1. The Bertz CT molecular complexity index is 581. The third kappa shape index (κ3) is 2.94. The van der Waals surface area contributed by atoms with Gasteiger partial charge in [0.25, 0.3) is 0 Å². The van der Waals surface area contributed by atoms with E-state index in [4.69, 9.17) is 15.2 Å². The molecule has 1 aromatic heterocycles. The Morgan fingerprint density at radius 2 is 1.95 bits per heavy atom. The van der Waals surface area contributed by atoms with E-state index in [1.807, 2.05) is 23.6 Å². The average Bonchev–Trinajstić information content (AvgIpc) is 2.95. The van der Waals surface area contributed by atoms with E-state index in [0.29, 0.717) is 5.92 Å². The van der Waals surface area contributed by atoms with E-state index in [0.717, 1.165) is 27.8 Å². The van der Waals surface area contributed by atoms with E-state index in [-0.39, 0.29) is 6.04 Å². The molecule has 0 bridgehead atoms. The van der Waals surface area contributed by atoms with Crippen LogP contribution in [0.5, 0.6) is 11.5 Å². The molecule has 1 aromatic carbocycles. The summed E-state index contributed by atoms with van der Waals surface area (Å²) in [4.78, 5) is 4.64. The van der Waals surface area contributed by atoms with Crippen LogP contribution in [-0.2, 0) is 0 Å². The summed E-state index contributed by atoms with van der Waals surface area (Å²) in [7, 11) is 3.30. The highest BCUT2D eigenvalue weighted by Crippen LogP contribution is 2.35. The molecule has 0 radical (unpaired) electrons. The lowest BCUT2D eigenvalue weighted by atomic mass is 10.1. The molecular formula is C15H20N2O2S. The Kier molecular flexibility index (Phi) is 4.62. The standard InChI is InChI=1S/C15H20N2O2S/c1-9(2)14(16)15-17-12(8-20-15)11-7-10(18-3)5-6-13(11)19-4/h5-9,14H,16H2,1-4H3. The summed E-state index contributed by atoms with van der Waals surface area (Å²) in [5.41, 5.74) is 7.94. The van der Waals surface area contributed by atoms with Crippen LogP contribution in [0.2, 0.25) is 0 Å². The topological polar surface area (TPSA) is 57.4 Å². The summed E-state index contributed by atoms with van der Waals surface area (Å²) in [6.07, 6.45) is 0. The van der Waals surface area contributed by atoms with Crippen LogP contribution in [0.15, 0.2) is 23.6 Å². The Balaban J connectivity index is 2.41. The molecule has 1 heterocycles. The minimum atomic E-state index is -0.0367. The quantitative estimate of drug-likeness (QED) is 0.916. The van der Waals surface area contributed by atoms with Crippen molar-refractivity contribution in [2.24, 2.45) is 11.7 Å². The van der Waals surface area contributed by atoms with Crippen molar-refractivity contribution in [2.75, 3.05) is 14.2 Å². The van der Waals surface area contributed by atoms with Crippen molar-refractivity contribution in [3.8, 4) is 22.8 Å². The van der Waals surface area contributed by atoms with Crippen LogP contribution in [0.4, 0.5) is 0 Å². The van der Waals surface area contributed by atoms with Crippen LogP contribution in [0.3, 0.4) is 0 Å². The molecule has 20 heavy (non-hydrogen) atoms. The molecule has 0 spiro atoms. The largest absolute Gasteiger partial charge is 0.497 e. The van der Waals surface area contributed by atoms with Gasteiger partial charge in [-0.2, -0.15) is 0 Å². The third-order valence-electron chi connectivity index (χ3n) is 3.21. The molecule has 0 saturated carbocycles. The highest BCUT2D eigenvalue weighted by atomic mass is 32.1. The van der Waals surface area contributed by atoms with Gasteiger partial charge in [-0.1, -0.05) is 13.8 Å². The molecule has 1 unspecified atom stereocenters. The van der Waals surface area contributed by atoms with Crippen LogP contribution < -0.4 is 15.2 Å². The van der Waals surface area contributed by atoms with Crippen molar-refractivity contribution in [3.05, 3.63) is 28.6 Å². The van der Waals surface area contributed by atoms with Gasteiger partial charge >= 0.3 is 0 Å².